The topological polar surface area (TPSA) is 35.5 Å². The maximum atomic E-state index is 10.6. The molecule has 1 fully saturated rings. The molecule has 0 radical (unpaired) electrons. The van der Waals surface area contributed by atoms with Crippen molar-refractivity contribution in [2.45, 2.75) is 58.2 Å². The molecule has 0 aliphatic carbocycles. The number of ether oxygens (including phenoxy) is 2. The summed E-state index contributed by atoms with van der Waals surface area (Å²) in [5.41, 5.74) is 0. The van der Waals surface area contributed by atoms with Gasteiger partial charge in [-0.05, 0) is 44.9 Å². The van der Waals surface area contributed by atoms with Crippen LogP contribution in [0.1, 0.15) is 51.9 Å². The lowest BCUT2D eigenvalue weighted by molar-refractivity contribution is -0.155. The Bertz CT molecular complexity index is 291. The van der Waals surface area contributed by atoms with Crippen molar-refractivity contribution >= 4 is 6.29 Å². The van der Waals surface area contributed by atoms with E-state index in [-0.39, 0.29) is 12.2 Å². The highest BCUT2D eigenvalue weighted by Gasteiger charge is 2.12. The summed E-state index contributed by atoms with van der Waals surface area (Å²) in [6.45, 7) is 3.52. The zero-order valence-electron chi connectivity index (χ0n) is 12.6. The van der Waals surface area contributed by atoms with Crippen molar-refractivity contribution in [3.8, 4) is 0 Å². The number of hydrogen-bond donors (Lipinski definition) is 0. The molecule has 1 heterocycles. The molecule has 0 N–H and O–H groups in total. The third-order valence-corrected chi connectivity index (χ3v) is 3.51. The molecule has 3 nitrogen and oxygen atoms in total. The van der Waals surface area contributed by atoms with Gasteiger partial charge in [-0.15, -0.1) is 0 Å². The number of rotatable bonds is 10. The van der Waals surface area contributed by atoms with E-state index in [1.807, 2.05) is 6.92 Å². The van der Waals surface area contributed by atoms with E-state index in [0.717, 1.165) is 51.4 Å². The van der Waals surface area contributed by atoms with E-state index in [0.29, 0.717) is 6.61 Å². The van der Waals surface area contributed by atoms with Gasteiger partial charge in [0.25, 0.3) is 0 Å². The lowest BCUT2D eigenvalue weighted by Crippen LogP contribution is -2.22. The highest BCUT2D eigenvalue weighted by atomic mass is 16.7. The van der Waals surface area contributed by atoms with Crippen LogP contribution >= 0.6 is 0 Å². The van der Waals surface area contributed by atoms with E-state index >= 15 is 0 Å². The molecule has 0 bridgehead atoms. The number of allylic oxidation sites excluding steroid dienone is 3. The smallest absolute Gasteiger partial charge is 0.157 e. The van der Waals surface area contributed by atoms with Crippen LogP contribution in [0.2, 0.25) is 0 Å². The van der Waals surface area contributed by atoms with Crippen molar-refractivity contribution < 1.29 is 14.3 Å². The molecule has 1 rings (SSSR count). The molecule has 2 atom stereocenters. The number of unbranched alkanes of at least 4 members (excludes halogenated alkanes) is 1. The first-order chi connectivity index (χ1) is 9.86. The normalized spacial score (nSPS) is 21.6. The maximum Gasteiger partial charge on any atom is 0.157 e. The Morgan fingerprint density at radius 1 is 1.20 bits per heavy atom. The quantitative estimate of drug-likeness (QED) is 0.344. The van der Waals surface area contributed by atoms with E-state index in [2.05, 4.69) is 24.3 Å². The predicted octanol–water partition coefficient (Wildman–Crippen LogP) is 4.04. The second-order valence-corrected chi connectivity index (χ2v) is 5.19. The minimum absolute atomic E-state index is 0.00242. The fraction of sp³-hybridized carbons (Fsp3) is 0.706. The average Bonchev–Trinajstić information content (AvgIpc) is 2.50. The molecule has 0 aromatic heterocycles. The predicted molar refractivity (Wildman–Crippen MR) is 81.5 cm³/mol. The molecule has 0 saturated carbocycles. The zero-order chi connectivity index (χ0) is 14.5. The molecule has 20 heavy (non-hydrogen) atoms. The maximum absolute atomic E-state index is 10.6. The summed E-state index contributed by atoms with van der Waals surface area (Å²) < 4.78 is 11.1. The van der Waals surface area contributed by atoms with Crippen molar-refractivity contribution in [3.05, 3.63) is 24.3 Å². The molecule has 114 valence electrons. The Morgan fingerprint density at radius 3 is 2.65 bits per heavy atom. The van der Waals surface area contributed by atoms with Crippen LogP contribution in [-0.2, 0) is 14.3 Å². The molecule has 1 aliphatic heterocycles. The first-order valence-electron chi connectivity index (χ1n) is 7.85. The minimum Gasteiger partial charge on any atom is -0.353 e. The van der Waals surface area contributed by atoms with Crippen molar-refractivity contribution in [2.24, 2.45) is 5.92 Å². The summed E-state index contributed by atoms with van der Waals surface area (Å²) >= 11 is 0. The fourth-order valence-corrected chi connectivity index (χ4v) is 2.09. The van der Waals surface area contributed by atoms with Gasteiger partial charge in [-0.1, -0.05) is 31.2 Å². The molecular formula is C17H28O3. The Hall–Kier alpha value is -0.930. The van der Waals surface area contributed by atoms with Crippen LogP contribution in [-0.4, -0.2) is 25.8 Å². The standard InChI is InChI=1S/C17H28O3/c1-2-16(15-18)11-7-5-3-4-6-9-13-19-17-12-8-10-14-20-17/h5-7,9,15-17H,2-4,8,10-14H2,1H3. The van der Waals surface area contributed by atoms with Gasteiger partial charge in [-0.25, -0.2) is 0 Å². The first kappa shape index (κ1) is 17.1. The van der Waals surface area contributed by atoms with Gasteiger partial charge >= 0.3 is 0 Å². The van der Waals surface area contributed by atoms with E-state index in [9.17, 15) is 4.79 Å². The van der Waals surface area contributed by atoms with E-state index in [1.54, 1.807) is 0 Å². The molecule has 0 amide bonds. The average molecular weight is 280 g/mol. The van der Waals surface area contributed by atoms with Crippen molar-refractivity contribution in [1.29, 1.82) is 0 Å². The van der Waals surface area contributed by atoms with Gasteiger partial charge in [-0.2, -0.15) is 0 Å². The molecule has 3 heteroatoms. The minimum atomic E-state index is 0.00242. The fourth-order valence-electron chi connectivity index (χ4n) is 2.09. The molecule has 1 saturated heterocycles. The monoisotopic (exact) mass is 280 g/mol. The van der Waals surface area contributed by atoms with Gasteiger partial charge < -0.3 is 14.3 Å². The Balaban J connectivity index is 1.96. The van der Waals surface area contributed by atoms with Gasteiger partial charge in [0.15, 0.2) is 6.29 Å². The number of hydrogen-bond acceptors (Lipinski definition) is 3. The van der Waals surface area contributed by atoms with E-state index < -0.39 is 0 Å². The Morgan fingerprint density at radius 2 is 2.00 bits per heavy atom. The van der Waals surface area contributed by atoms with Crippen LogP contribution < -0.4 is 0 Å². The molecule has 0 spiro atoms. The van der Waals surface area contributed by atoms with Crippen LogP contribution in [0.15, 0.2) is 24.3 Å². The summed E-state index contributed by atoms with van der Waals surface area (Å²) in [5.74, 6) is 0.186. The summed E-state index contributed by atoms with van der Waals surface area (Å²) in [6, 6.07) is 0. The van der Waals surface area contributed by atoms with Gasteiger partial charge in [-0.3, -0.25) is 0 Å². The highest BCUT2D eigenvalue weighted by Crippen LogP contribution is 2.13. The SMILES string of the molecule is CCC(C=O)CC=CCCC=CCOC1CCCCO1. The van der Waals surface area contributed by atoms with Gasteiger partial charge in [0.05, 0.1) is 6.61 Å². The molecule has 0 aromatic rings. The van der Waals surface area contributed by atoms with Crippen LogP contribution in [0.25, 0.3) is 0 Å². The Labute approximate surface area is 123 Å². The third kappa shape index (κ3) is 8.28. The summed E-state index contributed by atoms with van der Waals surface area (Å²) in [4.78, 5) is 10.6. The van der Waals surface area contributed by atoms with Crippen LogP contribution in [0.4, 0.5) is 0 Å². The zero-order valence-corrected chi connectivity index (χ0v) is 12.6. The molecule has 1 aliphatic rings. The van der Waals surface area contributed by atoms with Crippen LogP contribution in [0.3, 0.4) is 0 Å². The number of aldehydes is 1. The molecular weight excluding hydrogens is 252 g/mol. The number of carbonyl (C=O) groups excluding carboxylic acids is 1. The lowest BCUT2D eigenvalue weighted by Gasteiger charge is -2.21. The molecule has 0 aromatic carbocycles. The summed E-state index contributed by atoms with van der Waals surface area (Å²) in [6.07, 6.45) is 16.7. The largest absolute Gasteiger partial charge is 0.353 e. The van der Waals surface area contributed by atoms with Gasteiger partial charge in [0, 0.05) is 12.5 Å². The lowest BCUT2D eigenvalue weighted by atomic mass is 10.0. The molecule has 2 unspecified atom stereocenters. The van der Waals surface area contributed by atoms with Gasteiger partial charge in [0.2, 0.25) is 0 Å². The van der Waals surface area contributed by atoms with Crippen molar-refractivity contribution in [2.75, 3.05) is 13.2 Å². The van der Waals surface area contributed by atoms with E-state index in [1.165, 1.54) is 6.42 Å². The second kappa shape index (κ2) is 11.9. The highest BCUT2D eigenvalue weighted by molar-refractivity contribution is 5.53. The first-order valence-corrected chi connectivity index (χ1v) is 7.85. The van der Waals surface area contributed by atoms with Crippen LogP contribution in [0, 0.1) is 5.92 Å². The van der Waals surface area contributed by atoms with E-state index in [4.69, 9.17) is 9.47 Å². The third-order valence-electron chi connectivity index (χ3n) is 3.51. The second-order valence-electron chi connectivity index (χ2n) is 5.19. The van der Waals surface area contributed by atoms with Crippen molar-refractivity contribution in [1.82, 2.24) is 0 Å². The Kier molecular flexibility index (Phi) is 10.2. The van der Waals surface area contributed by atoms with Crippen molar-refractivity contribution in [3.63, 3.8) is 0 Å². The van der Waals surface area contributed by atoms with Gasteiger partial charge in [0.1, 0.15) is 6.29 Å². The summed E-state index contributed by atoms with van der Waals surface area (Å²) in [5, 5.41) is 0. The summed E-state index contributed by atoms with van der Waals surface area (Å²) in [7, 11) is 0. The van der Waals surface area contributed by atoms with Crippen LogP contribution in [0.5, 0.6) is 0 Å². The number of carbonyl (C=O) groups is 1.